The summed E-state index contributed by atoms with van der Waals surface area (Å²) in [7, 11) is 1.58. The van der Waals surface area contributed by atoms with Crippen molar-refractivity contribution in [1.82, 2.24) is 14.9 Å². The maximum atomic E-state index is 12.5. The molecular formula is C14H20N4O3. The predicted octanol–water partition coefficient (Wildman–Crippen LogP) is 0.0558. The van der Waals surface area contributed by atoms with E-state index in [4.69, 9.17) is 10.5 Å². The number of hydrogen-bond acceptors (Lipinski definition) is 5. The Morgan fingerprint density at radius 3 is 2.71 bits per heavy atom. The lowest BCUT2D eigenvalue weighted by molar-refractivity contribution is -0.119. The van der Waals surface area contributed by atoms with Crippen LogP contribution in [0.3, 0.4) is 0 Å². The molecule has 0 aliphatic carbocycles. The van der Waals surface area contributed by atoms with Crippen LogP contribution in [0, 0.1) is 19.8 Å². The Labute approximate surface area is 123 Å². The molecule has 0 aromatic carbocycles. The van der Waals surface area contributed by atoms with Gasteiger partial charge in [-0.25, -0.2) is 9.97 Å². The van der Waals surface area contributed by atoms with E-state index in [1.165, 1.54) is 0 Å². The van der Waals surface area contributed by atoms with Gasteiger partial charge in [-0.3, -0.25) is 9.59 Å². The van der Waals surface area contributed by atoms with E-state index in [2.05, 4.69) is 9.97 Å². The quantitative estimate of drug-likeness (QED) is 0.846. The van der Waals surface area contributed by atoms with Crippen LogP contribution in [-0.2, 0) is 9.53 Å². The second-order valence-corrected chi connectivity index (χ2v) is 5.33. The normalized spacial score (nSPS) is 21.6. The van der Waals surface area contributed by atoms with Crippen LogP contribution in [0.4, 0.5) is 0 Å². The number of ether oxygens (including phenoxy) is 1. The van der Waals surface area contributed by atoms with Gasteiger partial charge in [-0.05, 0) is 13.8 Å². The van der Waals surface area contributed by atoms with Crippen molar-refractivity contribution < 1.29 is 14.3 Å². The Morgan fingerprint density at radius 2 is 2.14 bits per heavy atom. The van der Waals surface area contributed by atoms with Gasteiger partial charge in [0.15, 0.2) is 0 Å². The molecular weight excluding hydrogens is 272 g/mol. The van der Waals surface area contributed by atoms with E-state index in [9.17, 15) is 9.59 Å². The number of nitrogens with zero attached hydrogens (tertiary/aromatic N) is 3. The van der Waals surface area contributed by atoms with E-state index in [1.807, 2.05) is 0 Å². The molecule has 21 heavy (non-hydrogen) atoms. The number of aryl methyl sites for hydroxylation is 2. The van der Waals surface area contributed by atoms with Crippen LogP contribution in [0.5, 0.6) is 0 Å². The zero-order chi connectivity index (χ0) is 15.6. The lowest BCUT2D eigenvalue weighted by Gasteiger charge is -2.16. The smallest absolute Gasteiger partial charge is 0.257 e. The lowest BCUT2D eigenvalue weighted by Crippen LogP contribution is -2.31. The highest BCUT2D eigenvalue weighted by molar-refractivity contribution is 5.95. The van der Waals surface area contributed by atoms with Gasteiger partial charge in [0.05, 0.1) is 17.4 Å². The average Bonchev–Trinajstić information content (AvgIpc) is 2.80. The number of methoxy groups -OCH3 is 1. The largest absolute Gasteiger partial charge is 0.379 e. The zero-order valence-corrected chi connectivity index (χ0v) is 12.5. The highest BCUT2D eigenvalue weighted by Crippen LogP contribution is 2.24. The summed E-state index contributed by atoms with van der Waals surface area (Å²) in [6.07, 6.45) is 1.59. The summed E-state index contributed by atoms with van der Waals surface area (Å²) in [5, 5.41) is 0. The van der Waals surface area contributed by atoms with Gasteiger partial charge in [0.1, 0.15) is 5.82 Å². The molecule has 1 aromatic heterocycles. The number of nitrogens with two attached hydrogens (primary N) is 1. The number of aromatic nitrogens is 2. The molecule has 1 saturated heterocycles. The minimum absolute atomic E-state index is 0.0666. The molecule has 7 nitrogen and oxygen atoms in total. The van der Waals surface area contributed by atoms with Crippen molar-refractivity contribution in [3.05, 3.63) is 23.3 Å². The van der Waals surface area contributed by atoms with E-state index in [0.29, 0.717) is 30.2 Å². The van der Waals surface area contributed by atoms with Crippen molar-refractivity contribution in [2.45, 2.75) is 26.4 Å². The molecule has 0 radical (unpaired) electrons. The lowest BCUT2D eigenvalue weighted by atomic mass is 10.0. The maximum Gasteiger partial charge on any atom is 0.257 e. The summed E-state index contributed by atoms with van der Waals surface area (Å²) in [4.78, 5) is 33.6. The second-order valence-electron chi connectivity index (χ2n) is 5.33. The Bertz CT molecular complexity index is 561. The minimum Gasteiger partial charge on any atom is -0.379 e. The fourth-order valence-corrected chi connectivity index (χ4v) is 2.69. The standard InChI is InChI=1S/C14H20N4O3/c1-8-11(5-16-9(2)17-8)14(20)18-6-10(4-13(15)19)12(7-18)21-3/h5,10,12H,4,6-7H2,1-3H3,(H2,15,19)/t10-,12-/m0/s1. The first kappa shape index (κ1) is 15.4. The van der Waals surface area contributed by atoms with Gasteiger partial charge in [-0.15, -0.1) is 0 Å². The fraction of sp³-hybridized carbons (Fsp3) is 0.571. The van der Waals surface area contributed by atoms with E-state index >= 15 is 0 Å². The molecule has 2 amide bonds. The monoisotopic (exact) mass is 292 g/mol. The highest BCUT2D eigenvalue weighted by Gasteiger charge is 2.37. The van der Waals surface area contributed by atoms with Crippen LogP contribution >= 0.6 is 0 Å². The van der Waals surface area contributed by atoms with Crippen LogP contribution in [0.2, 0.25) is 0 Å². The Hall–Kier alpha value is -2.02. The van der Waals surface area contributed by atoms with Gasteiger partial charge in [-0.2, -0.15) is 0 Å². The van der Waals surface area contributed by atoms with Gasteiger partial charge >= 0.3 is 0 Å². The first-order valence-electron chi connectivity index (χ1n) is 6.83. The Balaban J connectivity index is 2.15. The topological polar surface area (TPSA) is 98.4 Å². The van der Waals surface area contributed by atoms with Crippen molar-refractivity contribution in [3.8, 4) is 0 Å². The number of likely N-dealkylation sites (tertiary alicyclic amines) is 1. The van der Waals surface area contributed by atoms with Crippen LogP contribution in [-0.4, -0.2) is 53.0 Å². The van der Waals surface area contributed by atoms with Gasteiger partial charge < -0.3 is 15.4 Å². The first-order chi connectivity index (χ1) is 9.92. The van der Waals surface area contributed by atoms with E-state index in [1.54, 1.807) is 32.1 Å². The van der Waals surface area contributed by atoms with Gasteiger partial charge in [0.25, 0.3) is 5.91 Å². The molecule has 0 spiro atoms. The first-order valence-corrected chi connectivity index (χ1v) is 6.83. The molecule has 2 heterocycles. The number of rotatable bonds is 4. The van der Waals surface area contributed by atoms with Crippen LogP contribution in [0.25, 0.3) is 0 Å². The van der Waals surface area contributed by atoms with Crippen molar-refractivity contribution in [2.24, 2.45) is 11.7 Å². The molecule has 114 valence electrons. The van der Waals surface area contributed by atoms with E-state index < -0.39 is 0 Å². The molecule has 1 fully saturated rings. The molecule has 0 unspecified atom stereocenters. The molecule has 0 bridgehead atoms. The SMILES string of the molecule is CO[C@H]1CN(C(=O)c2cnc(C)nc2C)C[C@@H]1CC(N)=O. The molecule has 0 saturated carbocycles. The van der Waals surface area contributed by atoms with E-state index in [0.717, 1.165) is 0 Å². The van der Waals surface area contributed by atoms with Crippen molar-refractivity contribution in [2.75, 3.05) is 20.2 Å². The Morgan fingerprint density at radius 1 is 1.43 bits per heavy atom. The van der Waals surface area contributed by atoms with Gasteiger partial charge in [0, 0.05) is 38.7 Å². The summed E-state index contributed by atoms with van der Waals surface area (Å²) >= 11 is 0. The maximum absolute atomic E-state index is 12.5. The molecule has 1 aromatic rings. The summed E-state index contributed by atoms with van der Waals surface area (Å²) in [5.41, 5.74) is 6.38. The number of hydrogen-bond donors (Lipinski definition) is 1. The van der Waals surface area contributed by atoms with Crippen molar-refractivity contribution in [3.63, 3.8) is 0 Å². The van der Waals surface area contributed by atoms with Crippen LogP contribution in [0.1, 0.15) is 28.3 Å². The molecule has 2 atom stereocenters. The zero-order valence-electron chi connectivity index (χ0n) is 12.5. The third-order valence-electron chi connectivity index (χ3n) is 3.76. The van der Waals surface area contributed by atoms with Crippen molar-refractivity contribution >= 4 is 11.8 Å². The minimum atomic E-state index is -0.383. The Kier molecular flexibility index (Phi) is 4.52. The summed E-state index contributed by atoms with van der Waals surface area (Å²) in [6.45, 7) is 4.46. The summed E-state index contributed by atoms with van der Waals surface area (Å²) in [5.74, 6) is 0.0442. The number of primary amides is 1. The molecule has 1 aliphatic heterocycles. The second kappa shape index (κ2) is 6.17. The fourth-order valence-electron chi connectivity index (χ4n) is 2.69. The van der Waals surface area contributed by atoms with E-state index in [-0.39, 0.29) is 30.3 Å². The number of carbonyl (C=O) groups excluding carboxylic acids is 2. The van der Waals surface area contributed by atoms with Gasteiger partial charge in [-0.1, -0.05) is 0 Å². The number of amides is 2. The predicted molar refractivity (Wildman–Crippen MR) is 75.5 cm³/mol. The molecule has 1 aliphatic rings. The highest BCUT2D eigenvalue weighted by atomic mass is 16.5. The summed E-state index contributed by atoms with van der Waals surface area (Å²) < 4.78 is 5.36. The summed E-state index contributed by atoms with van der Waals surface area (Å²) in [6, 6.07) is 0. The van der Waals surface area contributed by atoms with Crippen molar-refractivity contribution in [1.29, 1.82) is 0 Å². The number of carbonyl (C=O) groups is 2. The molecule has 2 rings (SSSR count). The van der Waals surface area contributed by atoms with Crippen LogP contribution < -0.4 is 5.73 Å². The molecule has 7 heteroatoms. The van der Waals surface area contributed by atoms with Gasteiger partial charge in [0.2, 0.25) is 5.91 Å². The third-order valence-corrected chi connectivity index (χ3v) is 3.76. The third kappa shape index (κ3) is 3.36. The van der Waals surface area contributed by atoms with Crippen LogP contribution in [0.15, 0.2) is 6.20 Å². The molecule has 2 N–H and O–H groups in total. The average molecular weight is 292 g/mol.